The molecule has 0 fully saturated rings. The van der Waals surface area contributed by atoms with Crippen LogP contribution in [-0.4, -0.2) is 48.5 Å². The lowest BCUT2D eigenvalue weighted by Gasteiger charge is -2.34. The zero-order valence-electron chi connectivity index (χ0n) is 11.4. The van der Waals surface area contributed by atoms with Crippen molar-refractivity contribution < 1.29 is 18.3 Å². The van der Waals surface area contributed by atoms with E-state index in [9.17, 15) is 18.3 Å². The first kappa shape index (κ1) is 15.0. The fourth-order valence-corrected chi connectivity index (χ4v) is 3.26. The Morgan fingerprint density at radius 2 is 2.00 bits per heavy atom. The molecule has 1 aliphatic heterocycles. The summed E-state index contributed by atoms with van der Waals surface area (Å²) in [7, 11) is -3.08. The molecule has 6 heteroatoms. The first-order chi connectivity index (χ1) is 9.43. The number of sulfone groups is 1. The summed E-state index contributed by atoms with van der Waals surface area (Å²) in [5.41, 5.74) is 2.12. The van der Waals surface area contributed by atoms with Gasteiger partial charge in [0.2, 0.25) is 0 Å². The first-order valence-electron chi connectivity index (χ1n) is 6.67. The van der Waals surface area contributed by atoms with Crippen LogP contribution in [0.1, 0.15) is 18.1 Å². The second-order valence-electron chi connectivity index (χ2n) is 5.03. The molecule has 110 valence electrons. The van der Waals surface area contributed by atoms with E-state index >= 15 is 0 Å². The van der Waals surface area contributed by atoms with Crippen LogP contribution in [-0.2, 0) is 27.6 Å². The Morgan fingerprint density at radius 1 is 1.35 bits per heavy atom. The van der Waals surface area contributed by atoms with Crippen molar-refractivity contribution in [2.45, 2.75) is 25.9 Å². The number of carboxylic acids is 1. The summed E-state index contributed by atoms with van der Waals surface area (Å²) in [6, 6.07) is 7.08. The summed E-state index contributed by atoms with van der Waals surface area (Å²) in [5.74, 6) is -0.793. The second kappa shape index (κ2) is 5.93. The lowest BCUT2D eigenvalue weighted by atomic mass is 9.94. The Labute approximate surface area is 119 Å². The zero-order chi connectivity index (χ0) is 14.8. The number of nitrogens with zero attached hydrogens (tertiary/aromatic N) is 1. The Bertz CT molecular complexity index is 597. The Hall–Kier alpha value is -1.40. The lowest BCUT2D eigenvalue weighted by Crippen LogP contribution is -2.47. The lowest BCUT2D eigenvalue weighted by molar-refractivity contribution is -0.143. The fraction of sp³-hybridized carbons (Fsp3) is 0.500. The van der Waals surface area contributed by atoms with Gasteiger partial charge >= 0.3 is 5.97 Å². The largest absolute Gasteiger partial charge is 0.480 e. The molecule has 0 radical (unpaired) electrons. The van der Waals surface area contributed by atoms with Gasteiger partial charge in [-0.2, -0.15) is 0 Å². The second-order valence-corrected chi connectivity index (χ2v) is 7.51. The fourth-order valence-electron chi connectivity index (χ4n) is 2.46. The number of rotatable bonds is 5. The highest BCUT2D eigenvalue weighted by Crippen LogP contribution is 2.23. The molecule has 1 atom stereocenters. The van der Waals surface area contributed by atoms with E-state index in [1.807, 2.05) is 24.3 Å². The minimum atomic E-state index is -3.08. The van der Waals surface area contributed by atoms with Gasteiger partial charge in [-0.1, -0.05) is 31.2 Å². The topological polar surface area (TPSA) is 74.7 Å². The third-order valence-corrected chi connectivity index (χ3v) is 5.44. The average Bonchev–Trinajstić information content (AvgIpc) is 2.44. The predicted octanol–water partition coefficient (Wildman–Crippen LogP) is 0.933. The molecule has 0 spiro atoms. The number of carbonyl (C=O) groups is 1. The van der Waals surface area contributed by atoms with E-state index < -0.39 is 21.8 Å². The zero-order valence-corrected chi connectivity index (χ0v) is 12.3. The summed E-state index contributed by atoms with van der Waals surface area (Å²) >= 11 is 0. The number of hydrogen-bond donors (Lipinski definition) is 1. The van der Waals surface area contributed by atoms with Crippen LogP contribution in [0.3, 0.4) is 0 Å². The minimum absolute atomic E-state index is 0.00937. The SMILES string of the molecule is CCS(=O)(=O)CCN1Cc2ccccc2C[C@H]1C(=O)O. The molecule has 0 bridgehead atoms. The maximum Gasteiger partial charge on any atom is 0.321 e. The van der Waals surface area contributed by atoms with Crippen LogP contribution < -0.4 is 0 Å². The molecule has 1 N–H and O–H groups in total. The van der Waals surface area contributed by atoms with Crippen molar-refractivity contribution in [2.75, 3.05) is 18.1 Å². The summed E-state index contributed by atoms with van der Waals surface area (Å²) < 4.78 is 23.2. The number of fused-ring (bicyclic) bond motifs is 1. The van der Waals surface area contributed by atoms with Crippen molar-refractivity contribution in [1.82, 2.24) is 4.90 Å². The van der Waals surface area contributed by atoms with Crippen molar-refractivity contribution in [1.29, 1.82) is 0 Å². The molecule has 0 saturated carbocycles. The van der Waals surface area contributed by atoms with Gasteiger partial charge in [0, 0.05) is 18.8 Å². The number of aliphatic carboxylic acids is 1. The monoisotopic (exact) mass is 297 g/mol. The summed E-state index contributed by atoms with van der Waals surface area (Å²) in [5, 5.41) is 9.33. The van der Waals surface area contributed by atoms with Crippen LogP contribution in [0.4, 0.5) is 0 Å². The molecule has 20 heavy (non-hydrogen) atoms. The molecule has 1 aromatic rings. The average molecular weight is 297 g/mol. The van der Waals surface area contributed by atoms with E-state index in [1.165, 1.54) is 0 Å². The highest BCUT2D eigenvalue weighted by molar-refractivity contribution is 7.91. The van der Waals surface area contributed by atoms with Gasteiger partial charge < -0.3 is 5.11 Å². The van der Waals surface area contributed by atoms with Gasteiger partial charge in [-0.3, -0.25) is 9.69 Å². The quantitative estimate of drug-likeness (QED) is 0.875. The molecule has 1 aliphatic rings. The van der Waals surface area contributed by atoms with Crippen LogP contribution in [0, 0.1) is 0 Å². The molecule has 1 aromatic carbocycles. The summed E-state index contributed by atoms with van der Waals surface area (Å²) in [4.78, 5) is 13.1. The number of benzene rings is 1. The van der Waals surface area contributed by atoms with E-state index in [4.69, 9.17) is 0 Å². The van der Waals surface area contributed by atoms with Crippen LogP contribution >= 0.6 is 0 Å². The van der Waals surface area contributed by atoms with Crippen LogP contribution in [0.2, 0.25) is 0 Å². The Kier molecular flexibility index (Phi) is 4.45. The molecular weight excluding hydrogens is 278 g/mol. The third kappa shape index (κ3) is 3.37. The van der Waals surface area contributed by atoms with Crippen LogP contribution in [0.25, 0.3) is 0 Å². The standard InChI is InChI=1S/C14H19NO4S/c1-2-20(18,19)8-7-15-10-12-6-4-3-5-11(12)9-13(15)14(16)17/h3-6,13H,2,7-10H2,1H3,(H,16,17)/t13-/m0/s1. The molecule has 5 nitrogen and oxygen atoms in total. The van der Waals surface area contributed by atoms with E-state index in [2.05, 4.69) is 0 Å². The maximum atomic E-state index is 11.6. The van der Waals surface area contributed by atoms with Crippen molar-refractivity contribution in [3.63, 3.8) is 0 Å². The molecule has 0 amide bonds. The highest BCUT2D eigenvalue weighted by atomic mass is 32.2. The van der Waals surface area contributed by atoms with Crippen molar-refractivity contribution in [3.8, 4) is 0 Å². The van der Waals surface area contributed by atoms with E-state index in [-0.39, 0.29) is 18.1 Å². The van der Waals surface area contributed by atoms with Gasteiger partial charge in [-0.05, 0) is 17.5 Å². The minimum Gasteiger partial charge on any atom is -0.480 e. The normalized spacial score (nSPS) is 19.6. The Morgan fingerprint density at radius 3 is 2.60 bits per heavy atom. The highest BCUT2D eigenvalue weighted by Gasteiger charge is 2.31. The predicted molar refractivity (Wildman–Crippen MR) is 76.3 cm³/mol. The Balaban J connectivity index is 2.16. The molecule has 0 aromatic heterocycles. The smallest absolute Gasteiger partial charge is 0.321 e. The number of carboxylic acid groups (broad SMARTS) is 1. The van der Waals surface area contributed by atoms with Gasteiger partial charge in [-0.15, -0.1) is 0 Å². The number of hydrogen-bond acceptors (Lipinski definition) is 4. The molecule has 0 saturated heterocycles. The summed E-state index contributed by atoms with van der Waals surface area (Å²) in [6.07, 6.45) is 0.428. The third-order valence-electron chi connectivity index (χ3n) is 3.76. The van der Waals surface area contributed by atoms with Gasteiger partial charge in [0.1, 0.15) is 6.04 Å². The first-order valence-corrected chi connectivity index (χ1v) is 8.49. The van der Waals surface area contributed by atoms with E-state index in [0.29, 0.717) is 13.0 Å². The molecule has 2 rings (SSSR count). The molecule has 0 aliphatic carbocycles. The van der Waals surface area contributed by atoms with Crippen molar-refractivity contribution in [2.24, 2.45) is 0 Å². The van der Waals surface area contributed by atoms with E-state index in [1.54, 1.807) is 11.8 Å². The molecular formula is C14H19NO4S. The summed E-state index contributed by atoms with van der Waals surface area (Å²) in [6.45, 7) is 2.36. The van der Waals surface area contributed by atoms with E-state index in [0.717, 1.165) is 11.1 Å². The van der Waals surface area contributed by atoms with Gasteiger partial charge in [0.05, 0.1) is 5.75 Å². The van der Waals surface area contributed by atoms with Gasteiger partial charge in [0.25, 0.3) is 0 Å². The molecule has 1 heterocycles. The van der Waals surface area contributed by atoms with Gasteiger partial charge in [0.15, 0.2) is 9.84 Å². The van der Waals surface area contributed by atoms with Crippen molar-refractivity contribution >= 4 is 15.8 Å². The molecule has 0 unspecified atom stereocenters. The van der Waals surface area contributed by atoms with Crippen LogP contribution in [0.15, 0.2) is 24.3 Å². The van der Waals surface area contributed by atoms with Gasteiger partial charge in [-0.25, -0.2) is 8.42 Å². The van der Waals surface area contributed by atoms with Crippen LogP contribution in [0.5, 0.6) is 0 Å². The maximum absolute atomic E-state index is 11.6. The van der Waals surface area contributed by atoms with Crippen molar-refractivity contribution in [3.05, 3.63) is 35.4 Å².